The number of amides is 2. The van der Waals surface area contributed by atoms with Crippen molar-refractivity contribution in [1.82, 2.24) is 14.9 Å². The summed E-state index contributed by atoms with van der Waals surface area (Å²) in [6.45, 7) is -0.704. The number of nitrogens with one attached hydrogen (secondary N) is 2. The first-order valence-electron chi connectivity index (χ1n) is 10.8. The monoisotopic (exact) mass is 481 g/mol. The van der Waals surface area contributed by atoms with E-state index in [1.54, 1.807) is 42.5 Å². The first-order valence-corrected chi connectivity index (χ1v) is 12.4. The number of hydrogen-bond acceptors (Lipinski definition) is 3. The Kier molecular flexibility index (Phi) is 6.67. The zero-order valence-corrected chi connectivity index (χ0v) is 18.8. The third kappa shape index (κ3) is 4.86. The normalized spacial score (nSPS) is 21.4. The van der Waals surface area contributed by atoms with E-state index in [1.165, 1.54) is 4.90 Å². The Balaban J connectivity index is 1.69. The van der Waals surface area contributed by atoms with Crippen LogP contribution in [0, 0.1) is 11.2 Å². The molecule has 1 spiro atoms. The fourth-order valence-corrected chi connectivity index (χ4v) is 5.57. The zero-order chi connectivity index (χ0) is 23.6. The van der Waals surface area contributed by atoms with Crippen LogP contribution in [-0.4, -0.2) is 57.2 Å². The van der Waals surface area contributed by atoms with Gasteiger partial charge in [-0.1, -0.05) is 48.5 Å². The second-order valence-corrected chi connectivity index (χ2v) is 10.3. The molecule has 2 aliphatic rings. The minimum atomic E-state index is -4.22. The van der Waals surface area contributed by atoms with E-state index < -0.39 is 52.1 Å². The molecule has 4 rings (SSSR count). The number of halogens is 3. The van der Waals surface area contributed by atoms with Crippen molar-refractivity contribution in [3.05, 3.63) is 59.9 Å². The molecule has 0 aromatic heterocycles. The number of sulfonamides is 1. The van der Waals surface area contributed by atoms with Crippen molar-refractivity contribution < 1.29 is 26.4 Å². The van der Waals surface area contributed by atoms with E-state index in [-0.39, 0.29) is 19.5 Å². The Morgan fingerprint density at radius 3 is 2.45 bits per heavy atom. The van der Waals surface area contributed by atoms with Crippen LogP contribution >= 0.6 is 0 Å². The molecule has 178 valence electrons. The smallest absolute Gasteiger partial charge is 0.317 e. The number of carbonyl (C=O) groups is 1. The average Bonchev–Trinajstić information content (AvgIpc) is 3.54. The summed E-state index contributed by atoms with van der Waals surface area (Å²) in [5, 5.41) is 2.47. The molecule has 2 aromatic rings. The quantitative estimate of drug-likeness (QED) is 0.607. The maximum Gasteiger partial charge on any atom is 0.317 e. The van der Waals surface area contributed by atoms with Gasteiger partial charge in [-0.25, -0.2) is 31.1 Å². The van der Waals surface area contributed by atoms with Gasteiger partial charge in [-0.2, -0.15) is 0 Å². The second kappa shape index (κ2) is 9.34. The Morgan fingerprint density at radius 1 is 1.09 bits per heavy atom. The fraction of sp³-hybridized carbons (Fsp3) is 0.435. The minimum Gasteiger partial charge on any atom is -0.335 e. The molecule has 0 radical (unpaired) electrons. The number of hydrogen-bond donors (Lipinski definition) is 2. The third-order valence-corrected chi connectivity index (χ3v) is 7.40. The molecular formula is C23H26F3N3O3S. The highest BCUT2D eigenvalue weighted by molar-refractivity contribution is 7.89. The molecule has 2 N–H and O–H groups in total. The van der Waals surface area contributed by atoms with Crippen molar-refractivity contribution in [2.75, 3.05) is 25.8 Å². The van der Waals surface area contributed by atoms with Crippen LogP contribution in [0.15, 0.2) is 48.5 Å². The van der Waals surface area contributed by atoms with E-state index >= 15 is 4.39 Å². The van der Waals surface area contributed by atoms with Gasteiger partial charge in [0.2, 0.25) is 16.0 Å². The molecule has 0 bridgehead atoms. The molecule has 0 unspecified atom stereocenters. The molecular weight excluding hydrogens is 455 g/mol. The number of urea groups is 1. The standard InChI is InChI=1S/C23H26F3N3O3S/c24-11-12-27-22(30)29-14-23(9-10-23)21(28-33(31,32)15-25)19(29)13-17-7-4-8-18(20(17)26)16-5-2-1-3-6-16/h1-8,19,21,28H,9-15H2,(H,27,30)/t19-,21+/m0/s1. The first kappa shape index (κ1) is 23.6. The Labute approximate surface area is 191 Å². The summed E-state index contributed by atoms with van der Waals surface area (Å²) in [6, 6.07) is 10.3. The Hall–Kier alpha value is -2.59. The number of benzene rings is 2. The van der Waals surface area contributed by atoms with E-state index in [2.05, 4.69) is 10.0 Å². The van der Waals surface area contributed by atoms with Crippen molar-refractivity contribution >= 4 is 16.1 Å². The molecule has 1 heterocycles. The zero-order valence-electron chi connectivity index (χ0n) is 17.9. The maximum absolute atomic E-state index is 15.5. The van der Waals surface area contributed by atoms with Crippen LogP contribution in [-0.2, 0) is 16.4 Å². The minimum absolute atomic E-state index is 0.0246. The van der Waals surface area contributed by atoms with Gasteiger partial charge in [0.05, 0.1) is 6.04 Å². The van der Waals surface area contributed by atoms with E-state index in [0.29, 0.717) is 29.5 Å². The maximum atomic E-state index is 15.5. The van der Waals surface area contributed by atoms with Gasteiger partial charge >= 0.3 is 6.03 Å². The van der Waals surface area contributed by atoms with E-state index in [0.717, 1.165) is 0 Å². The molecule has 1 aliphatic carbocycles. The molecule has 33 heavy (non-hydrogen) atoms. The summed E-state index contributed by atoms with van der Waals surface area (Å²) in [7, 11) is -4.22. The molecule has 2 fully saturated rings. The SMILES string of the molecule is O=C(NCCF)N1CC2(CC2)[C@H](NS(=O)(=O)CF)[C@@H]1Cc1cccc(-c2ccccc2)c1F. The number of alkyl halides is 2. The largest absolute Gasteiger partial charge is 0.335 e. The van der Waals surface area contributed by atoms with E-state index in [9.17, 15) is 22.0 Å². The van der Waals surface area contributed by atoms with Crippen molar-refractivity contribution in [1.29, 1.82) is 0 Å². The first-order chi connectivity index (χ1) is 15.8. The second-order valence-electron chi connectivity index (χ2n) is 8.65. The summed E-state index contributed by atoms with van der Waals surface area (Å²) in [4.78, 5) is 14.2. The highest BCUT2D eigenvalue weighted by Crippen LogP contribution is 2.55. The van der Waals surface area contributed by atoms with Crippen LogP contribution in [0.25, 0.3) is 11.1 Å². The summed E-state index contributed by atoms with van der Waals surface area (Å²) >= 11 is 0. The van der Waals surface area contributed by atoms with Crippen LogP contribution < -0.4 is 10.0 Å². The summed E-state index contributed by atoms with van der Waals surface area (Å²) < 4.78 is 67.9. The number of rotatable bonds is 8. The average molecular weight is 482 g/mol. The highest BCUT2D eigenvalue weighted by Gasteiger charge is 2.61. The molecule has 1 saturated heterocycles. The van der Waals surface area contributed by atoms with Crippen LogP contribution in [0.3, 0.4) is 0 Å². The molecule has 2 amide bonds. The number of carbonyl (C=O) groups excluding carboxylic acids is 1. The van der Waals surface area contributed by atoms with Crippen LogP contribution in [0.1, 0.15) is 18.4 Å². The van der Waals surface area contributed by atoms with Gasteiger partial charge in [-0.15, -0.1) is 0 Å². The van der Waals surface area contributed by atoms with Gasteiger partial charge < -0.3 is 10.2 Å². The van der Waals surface area contributed by atoms with Crippen molar-refractivity contribution in [2.24, 2.45) is 5.41 Å². The lowest BCUT2D eigenvalue weighted by molar-refractivity contribution is 0.187. The van der Waals surface area contributed by atoms with E-state index in [1.807, 2.05) is 6.07 Å². The third-order valence-electron chi connectivity index (χ3n) is 6.50. The van der Waals surface area contributed by atoms with Crippen LogP contribution in [0.4, 0.5) is 18.0 Å². The Morgan fingerprint density at radius 2 is 1.82 bits per heavy atom. The van der Waals surface area contributed by atoms with E-state index in [4.69, 9.17) is 0 Å². The number of likely N-dealkylation sites (tertiary alicyclic amines) is 1. The predicted octanol–water partition coefficient (Wildman–Crippen LogP) is 3.39. The number of nitrogens with zero attached hydrogens (tertiary/aromatic N) is 1. The van der Waals surface area contributed by atoms with Gasteiger partial charge in [0.1, 0.15) is 12.5 Å². The molecule has 6 nitrogen and oxygen atoms in total. The molecule has 1 aliphatic heterocycles. The molecule has 1 saturated carbocycles. The lowest BCUT2D eigenvalue weighted by Gasteiger charge is -2.29. The van der Waals surface area contributed by atoms with Gasteiger partial charge in [0.25, 0.3) is 0 Å². The van der Waals surface area contributed by atoms with Gasteiger partial charge in [-0.05, 0) is 30.4 Å². The summed E-state index contributed by atoms with van der Waals surface area (Å²) in [6.07, 6.45) is 1.33. The summed E-state index contributed by atoms with van der Waals surface area (Å²) in [5.41, 5.74) is 0.857. The van der Waals surface area contributed by atoms with Crippen LogP contribution in [0.2, 0.25) is 0 Å². The predicted molar refractivity (Wildman–Crippen MR) is 119 cm³/mol. The van der Waals surface area contributed by atoms with Crippen molar-refractivity contribution in [2.45, 2.75) is 31.3 Å². The van der Waals surface area contributed by atoms with Gasteiger partial charge in [0.15, 0.2) is 0 Å². The lowest BCUT2D eigenvalue weighted by atomic mass is 9.91. The van der Waals surface area contributed by atoms with Crippen molar-refractivity contribution in [3.63, 3.8) is 0 Å². The highest BCUT2D eigenvalue weighted by atomic mass is 32.2. The Bertz CT molecular complexity index is 1110. The van der Waals surface area contributed by atoms with Gasteiger partial charge in [-0.3, -0.25) is 0 Å². The molecule has 2 atom stereocenters. The fourth-order valence-electron chi connectivity index (χ4n) is 4.71. The summed E-state index contributed by atoms with van der Waals surface area (Å²) in [5.74, 6) is -0.461. The molecule has 2 aromatic carbocycles. The van der Waals surface area contributed by atoms with Gasteiger partial charge in [0, 0.05) is 30.1 Å². The van der Waals surface area contributed by atoms with Crippen molar-refractivity contribution in [3.8, 4) is 11.1 Å². The topological polar surface area (TPSA) is 78.5 Å². The molecule has 10 heteroatoms. The lowest BCUT2D eigenvalue weighted by Crippen LogP contribution is -2.52. The van der Waals surface area contributed by atoms with Crippen LogP contribution in [0.5, 0.6) is 0 Å².